The Labute approximate surface area is 139 Å². The highest BCUT2D eigenvalue weighted by Gasteiger charge is 2.39. The van der Waals surface area contributed by atoms with Crippen LogP contribution in [0.4, 0.5) is 0 Å². The molecule has 0 radical (unpaired) electrons. The fourth-order valence-electron chi connectivity index (χ4n) is 3.48. The molecule has 0 bridgehead atoms. The average molecular weight is 338 g/mol. The highest BCUT2D eigenvalue weighted by atomic mass is 35.5. The van der Waals surface area contributed by atoms with Crippen LogP contribution in [0.25, 0.3) is 0 Å². The van der Waals surface area contributed by atoms with Gasteiger partial charge in [-0.25, -0.2) is 4.98 Å². The van der Waals surface area contributed by atoms with Gasteiger partial charge in [-0.3, -0.25) is 9.59 Å². The van der Waals surface area contributed by atoms with E-state index in [-0.39, 0.29) is 29.8 Å². The minimum absolute atomic E-state index is 0.0843. The maximum atomic E-state index is 12.4. The first-order valence-corrected chi connectivity index (χ1v) is 8.26. The van der Waals surface area contributed by atoms with Crippen molar-refractivity contribution in [2.24, 2.45) is 17.6 Å². The van der Waals surface area contributed by atoms with E-state index in [9.17, 15) is 9.59 Å². The molecule has 3 heterocycles. The molecule has 124 valence electrons. The maximum absolute atomic E-state index is 12.4. The smallest absolute Gasteiger partial charge is 0.272 e. The zero-order valence-corrected chi connectivity index (χ0v) is 13.5. The number of nitrogens with zero attached hydrogens (tertiary/aromatic N) is 2. The Bertz CT molecular complexity index is 585. The van der Waals surface area contributed by atoms with Crippen molar-refractivity contribution in [3.63, 3.8) is 0 Å². The standard InChI is InChI=1S/C16H20ClN3O3/c17-11-1-2-13(19-9-11)16(22)20-6-3-10(4-7-20)14-12(15(18)21)5-8-23-14/h1-2,9-10,12,14H,3-8H2,(H2,18,21)/t12-,14+/m1/s1. The van der Waals surface area contributed by atoms with Gasteiger partial charge >= 0.3 is 0 Å². The van der Waals surface area contributed by atoms with Gasteiger partial charge in [-0.05, 0) is 37.3 Å². The Morgan fingerprint density at radius 3 is 2.61 bits per heavy atom. The van der Waals surface area contributed by atoms with Crippen LogP contribution in [0.15, 0.2) is 18.3 Å². The molecule has 2 N–H and O–H groups in total. The molecular formula is C16H20ClN3O3. The minimum Gasteiger partial charge on any atom is -0.377 e. The number of pyridine rings is 1. The second-order valence-electron chi connectivity index (χ2n) is 6.12. The van der Waals surface area contributed by atoms with E-state index >= 15 is 0 Å². The fraction of sp³-hybridized carbons (Fsp3) is 0.562. The largest absolute Gasteiger partial charge is 0.377 e. The van der Waals surface area contributed by atoms with Crippen molar-refractivity contribution in [2.75, 3.05) is 19.7 Å². The van der Waals surface area contributed by atoms with Crippen LogP contribution in [-0.4, -0.2) is 47.5 Å². The summed E-state index contributed by atoms with van der Waals surface area (Å²) >= 11 is 5.79. The van der Waals surface area contributed by atoms with E-state index in [4.69, 9.17) is 22.1 Å². The summed E-state index contributed by atoms with van der Waals surface area (Å²) in [5.74, 6) is -0.285. The van der Waals surface area contributed by atoms with Gasteiger partial charge in [-0.1, -0.05) is 11.6 Å². The summed E-state index contributed by atoms with van der Waals surface area (Å²) in [6.45, 7) is 1.87. The van der Waals surface area contributed by atoms with E-state index in [0.29, 0.717) is 36.8 Å². The summed E-state index contributed by atoms with van der Waals surface area (Å²) in [4.78, 5) is 29.8. The molecule has 1 aromatic heterocycles. The van der Waals surface area contributed by atoms with Crippen molar-refractivity contribution >= 4 is 23.4 Å². The van der Waals surface area contributed by atoms with Gasteiger partial charge < -0.3 is 15.4 Å². The Kier molecular flexibility index (Phi) is 4.82. The summed E-state index contributed by atoms with van der Waals surface area (Å²) in [6.07, 6.45) is 3.71. The summed E-state index contributed by atoms with van der Waals surface area (Å²) in [5.41, 5.74) is 5.86. The van der Waals surface area contributed by atoms with Crippen LogP contribution in [-0.2, 0) is 9.53 Å². The summed E-state index contributed by atoms with van der Waals surface area (Å²) in [6, 6.07) is 3.30. The molecule has 23 heavy (non-hydrogen) atoms. The van der Waals surface area contributed by atoms with Gasteiger partial charge in [-0.2, -0.15) is 0 Å². The molecule has 0 aliphatic carbocycles. The lowest BCUT2D eigenvalue weighted by Gasteiger charge is -2.35. The first kappa shape index (κ1) is 16.2. The van der Waals surface area contributed by atoms with E-state index in [1.54, 1.807) is 17.0 Å². The minimum atomic E-state index is -0.281. The van der Waals surface area contributed by atoms with Crippen molar-refractivity contribution in [1.29, 1.82) is 0 Å². The third-order valence-corrected chi connectivity index (χ3v) is 4.96. The van der Waals surface area contributed by atoms with Gasteiger partial charge in [0.05, 0.1) is 17.0 Å². The van der Waals surface area contributed by atoms with E-state index < -0.39 is 0 Å². The van der Waals surface area contributed by atoms with Gasteiger partial charge in [-0.15, -0.1) is 0 Å². The van der Waals surface area contributed by atoms with Gasteiger partial charge in [0.2, 0.25) is 5.91 Å². The predicted octanol–water partition coefficient (Wildman–Crippen LogP) is 1.48. The van der Waals surface area contributed by atoms with Gasteiger partial charge in [0.1, 0.15) is 5.69 Å². The molecule has 0 unspecified atom stereocenters. The number of nitrogens with two attached hydrogens (primary N) is 1. The van der Waals surface area contributed by atoms with Crippen LogP contribution in [0.1, 0.15) is 29.8 Å². The molecular weight excluding hydrogens is 318 g/mol. The van der Waals surface area contributed by atoms with Crippen molar-refractivity contribution < 1.29 is 14.3 Å². The summed E-state index contributed by atoms with van der Waals surface area (Å²) in [5, 5.41) is 0.510. The van der Waals surface area contributed by atoms with Crippen LogP contribution in [0.5, 0.6) is 0 Å². The lowest BCUT2D eigenvalue weighted by Crippen LogP contribution is -2.44. The maximum Gasteiger partial charge on any atom is 0.272 e. The lowest BCUT2D eigenvalue weighted by atomic mass is 9.84. The van der Waals surface area contributed by atoms with Crippen LogP contribution in [0, 0.1) is 11.8 Å². The number of hydrogen-bond acceptors (Lipinski definition) is 4. The molecule has 2 fully saturated rings. The third kappa shape index (κ3) is 3.48. The molecule has 2 aliphatic rings. The molecule has 7 heteroatoms. The number of primary amides is 1. The normalized spacial score (nSPS) is 25.5. The second-order valence-corrected chi connectivity index (χ2v) is 6.56. The van der Waals surface area contributed by atoms with E-state index in [2.05, 4.69) is 4.98 Å². The Morgan fingerprint density at radius 2 is 2.00 bits per heavy atom. The summed E-state index contributed by atoms with van der Waals surface area (Å²) in [7, 11) is 0. The van der Waals surface area contributed by atoms with Gasteiger partial charge in [0.25, 0.3) is 5.91 Å². The van der Waals surface area contributed by atoms with E-state index in [0.717, 1.165) is 12.8 Å². The number of rotatable bonds is 3. The third-order valence-electron chi connectivity index (χ3n) is 4.74. The molecule has 2 amide bonds. The van der Waals surface area contributed by atoms with E-state index in [1.807, 2.05) is 0 Å². The Balaban J connectivity index is 1.59. The number of hydrogen-bond donors (Lipinski definition) is 1. The van der Waals surface area contributed by atoms with E-state index in [1.165, 1.54) is 6.20 Å². The monoisotopic (exact) mass is 337 g/mol. The molecule has 0 saturated carbocycles. The average Bonchev–Trinajstić information content (AvgIpc) is 3.05. The number of aromatic nitrogens is 1. The Morgan fingerprint density at radius 1 is 1.26 bits per heavy atom. The topological polar surface area (TPSA) is 85.5 Å². The molecule has 1 aromatic rings. The molecule has 3 rings (SSSR count). The predicted molar refractivity (Wildman–Crippen MR) is 84.9 cm³/mol. The quantitative estimate of drug-likeness (QED) is 0.905. The zero-order valence-electron chi connectivity index (χ0n) is 12.8. The first-order chi connectivity index (χ1) is 11.1. The fourth-order valence-corrected chi connectivity index (χ4v) is 3.59. The SMILES string of the molecule is NC(=O)[C@@H]1CCO[C@H]1C1CCN(C(=O)c2ccc(Cl)cn2)CC1. The molecule has 0 spiro atoms. The van der Waals surface area contributed by atoms with Crippen LogP contribution < -0.4 is 5.73 Å². The molecule has 2 atom stereocenters. The zero-order chi connectivity index (χ0) is 16.4. The van der Waals surface area contributed by atoms with Crippen molar-refractivity contribution in [1.82, 2.24) is 9.88 Å². The second kappa shape index (κ2) is 6.84. The number of carbonyl (C=O) groups is 2. The van der Waals surface area contributed by atoms with Gasteiger partial charge in [0.15, 0.2) is 0 Å². The lowest BCUT2D eigenvalue weighted by molar-refractivity contribution is -0.124. The number of piperidine rings is 1. The molecule has 2 aliphatic heterocycles. The highest BCUT2D eigenvalue weighted by Crippen LogP contribution is 2.33. The Hall–Kier alpha value is -1.66. The van der Waals surface area contributed by atoms with Crippen molar-refractivity contribution in [3.05, 3.63) is 29.0 Å². The number of halogens is 1. The van der Waals surface area contributed by atoms with Crippen molar-refractivity contribution in [2.45, 2.75) is 25.4 Å². The number of amides is 2. The molecule has 0 aromatic carbocycles. The van der Waals surface area contributed by atoms with Crippen LogP contribution in [0.3, 0.4) is 0 Å². The summed E-state index contributed by atoms with van der Waals surface area (Å²) < 4.78 is 5.73. The van der Waals surface area contributed by atoms with Gasteiger partial charge in [0, 0.05) is 25.9 Å². The molecule has 2 saturated heterocycles. The van der Waals surface area contributed by atoms with Crippen LogP contribution >= 0.6 is 11.6 Å². The first-order valence-electron chi connectivity index (χ1n) is 7.88. The number of likely N-dealkylation sites (tertiary alicyclic amines) is 1. The van der Waals surface area contributed by atoms with Crippen molar-refractivity contribution in [3.8, 4) is 0 Å². The number of ether oxygens (including phenoxy) is 1. The van der Waals surface area contributed by atoms with Crippen LogP contribution in [0.2, 0.25) is 5.02 Å². The number of carbonyl (C=O) groups excluding carboxylic acids is 2. The molecule has 6 nitrogen and oxygen atoms in total. The highest BCUT2D eigenvalue weighted by molar-refractivity contribution is 6.30.